The van der Waals surface area contributed by atoms with Crippen molar-refractivity contribution < 1.29 is 26.7 Å². The Bertz CT molecular complexity index is 743. The summed E-state index contributed by atoms with van der Waals surface area (Å²) >= 11 is 0.787. The van der Waals surface area contributed by atoms with Crippen LogP contribution in [-0.2, 0) is 19.9 Å². The molecule has 1 atom stereocenters. The Morgan fingerprint density at radius 3 is 2.63 bits per heavy atom. The molecular weight excluding hydrogens is 314 g/mol. The topological polar surface area (TPSA) is 118 Å². The lowest BCUT2D eigenvalue weighted by molar-refractivity contribution is 0.0702. The van der Waals surface area contributed by atoms with E-state index in [1.54, 1.807) is 0 Å². The summed E-state index contributed by atoms with van der Waals surface area (Å²) in [5.74, 6) is -1.54. The number of thiophene rings is 1. The Hall–Kier alpha value is -1.23. The van der Waals surface area contributed by atoms with Crippen LogP contribution in [0.1, 0.15) is 9.67 Å². The molecule has 0 saturated carbocycles. The van der Waals surface area contributed by atoms with E-state index in [-0.39, 0.29) is 15.5 Å². The summed E-state index contributed by atoms with van der Waals surface area (Å²) in [4.78, 5) is 10.4. The third kappa shape index (κ3) is 3.21. The molecule has 2 heterocycles. The van der Waals surface area contributed by atoms with Gasteiger partial charge in [-0.3, -0.25) is 0 Å². The second-order valence-electron chi connectivity index (χ2n) is 3.84. The summed E-state index contributed by atoms with van der Waals surface area (Å²) in [7, 11) is -7.28. The lowest BCUT2D eigenvalue weighted by Crippen LogP contribution is -2.35. The van der Waals surface area contributed by atoms with Gasteiger partial charge in [0.05, 0.1) is 16.7 Å². The van der Waals surface area contributed by atoms with Crippen molar-refractivity contribution in [1.29, 1.82) is 0 Å². The fraction of sp³-hybridized carbons (Fsp3) is 0.222. The number of carbonyl (C=O) groups is 1. The summed E-state index contributed by atoms with van der Waals surface area (Å²) in [6.07, 6.45) is 1.25. The normalized spacial score (nSPS) is 21.6. The molecule has 2 N–H and O–H groups in total. The minimum atomic E-state index is -3.93. The molecule has 0 bridgehead atoms. The third-order valence-corrected chi connectivity index (χ3v) is 6.27. The summed E-state index contributed by atoms with van der Waals surface area (Å²) in [6.45, 7) is 0. The fourth-order valence-corrected chi connectivity index (χ4v) is 5.13. The molecule has 19 heavy (non-hydrogen) atoms. The zero-order valence-electron chi connectivity index (χ0n) is 9.31. The zero-order valence-corrected chi connectivity index (χ0v) is 11.8. The van der Waals surface area contributed by atoms with Gasteiger partial charge in [-0.15, -0.1) is 11.3 Å². The number of nitrogens with one attached hydrogen (secondary N) is 1. The smallest absolute Gasteiger partial charge is 0.345 e. The number of aromatic carboxylic acids is 1. The minimum Gasteiger partial charge on any atom is -0.477 e. The number of rotatable bonds is 4. The average Bonchev–Trinajstić information content (AvgIpc) is 2.84. The summed E-state index contributed by atoms with van der Waals surface area (Å²) in [6, 6.07) is 0.200. The van der Waals surface area contributed by atoms with Crippen LogP contribution in [0.25, 0.3) is 0 Å². The Balaban J connectivity index is 2.19. The van der Waals surface area contributed by atoms with Crippen LogP contribution in [0.2, 0.25) is 0 Å². The lowest BCUT2D eigenvalue weighted by Gasteiger charge is -2.09. The Kier molecular flexibility index (Phi) is 3.51. The van der Waals surface area contributed by atoms with Gasteiger partial charge in [-0.1, -0.05) is 6.08 Å². The molecule has 0 aliphatic carbocycles. The highest BCUT2D eigenvalue weighted by molar-refractivity contribution is 7.94. The van der Waals surface area contributed by atoms with Crippen LogP contribution in [0.15, 0.2) is 27.8 Å². The first kappa shape index (κ1) is 14.2. The highest BCUT2D eigenvalue weighted by atomic mass is 32.2. The van der Waals surface area contributed by atoms with Crippen molar-refractivity contribution in [3.05, 3.63) is 27.8 Å². The maximum atomic E-state index is 11.9. The van der Waals surface area contributed by atoms with Gasteiger partial charge in [-0.25, -0.2) is 26.4 Å². The molecule has 1 aliphatic heterocycles. The Morgan fingerprint density at radius 1 is 1.47 bits per heavy atom. The van der Waals surface area contributed by atoms with Crippen LogP contribution >= 0.6 is 11.3 Å². The molecule has 1 aromatic heterocycles. The number of hydrogen-bond acceptors (Lipinski definition) is 6. The predicted octanol–water partition coefficient (Wildman–Crippen LogP) is 0.0353. The van der Waals surface area contributed by atoms with Crippen molar-refractivity contribution >= 4 is 37.2 Å². The van der Waals surface area contributed by atoms with Gasteiger partial charge in [0, 0.05) is 10.8 Å². The number of carboxylic acid groups (broad SMARTS) is 1. The maximum Gasteiger partial charge on any atom is 0.345 e. The summed E-state index contributed by atoms with van der Waals surface area (Å²) < 4.78 is 48.3. The van der Waals surface area contributed by atoms with Crippen LogP contribution in [0.3, 0.4) is 0 Å². The van der Waals surface area contributed by atoms with Gasteiger partial charge in [-0.2, -0.15) is 0 Å². The quantitative estimate of drug-likeness (QED) is 0.807. The van der Waals surface area contributed by atoms with Gasteiger partial charge >= 0.3 is 5.97 Å². The molecular formula is C9H9NO6S3. The van der Waals surface area contributed by atoms with E-state index in [1.807, 2.05) is 0 Å². The van der Waals surface area contributed by atoms with E-state index in [0.717, 1.165) is 22.8 Å². The molecule has 1 unspecified atom stereocenters. The minimum absolute atomic E-state index is 0.102. The maximum absolute atomic E-state index is 11.9. The van der Waals surface area contributed by atoms with E-state index < -0.39 is 31.9 Å². The van der Waals surface area contributed by atoms with Crippen molar-refractivity contribution in [3.8, 4) is 0 Å². The van der Waals surface area contributed by atoms with Gasteiger partial charge in [0.2, 0.25) is 10.0 Å². The van der Waals surface area contributed by atoms with Crippen LogP contribution in [0.4, 0.5) is 0 Å². The summed E-state index contributed by atoms with van der Waals surface area (Å²) in [5.41, 5.74) is 0. The van der Waals surface area contributed by atoms with Crippen molar-refractivity contribution in [2.75, 3.05) is 5.75 Å². The molecule has 104 valence electrons. The van der Waals surface area contributed by atoms with Crippen molar-refractivity contribution in [2.24, 2.45) is 0 Å². The standard InChI is InChI=1S/C9H9NO6S3/c11-9(12)8-3-7(4-17-8)19(15,16)10-6-1-2-18(13,14)5-6/h1-4,6,10H,5H2,(H,11,12). The van der Waals surface area contributed by atoms with E-state index in [9.17, 15) is 21.6 Å². The zero-order chi connectivity index (χ0) is 14.3. The summed E-state index contributed by atoms with van der Waals surface area (Å²) in [5, 5.41) is 10.9. The number of sulfonamides is 1. The molecule has 1 aromatic rings. The van der Waals surface area contributed by atoms with E-state index >= 15 is 0 Å². The van der Waals surface area contributed by atoms with Crippen LogP contribution in [-0.4, -0.2) is 39.7 Å². The largest absolute Gasteiger partial charge is 0.477 e. The van der Waals surface area contributed by atoms with E-state index in [4.69, 9.17) is 5.11 Å². The molecule has 2 rings (SSSR count). The van der Waals surface area contributed by atoms with Crippen LogP contribution in [0, 0.1) is 0 Å². The molecule has 1 aliphatic rings. The van der Waals surface area contributed by atoms with Crippen molar-refractivity contribution in [2.45, 2.75) is 10.9 Å². The second-order valence-corrected chi connectivity index (χ2v) is 8.39. The second kappa shape index (κ2) is 4.71. The van der Waals surface area contributed by atoms with Crippen LogP contribution < -0.4 is 4.72 Å². The molecule has 0 aromatic carbocycles. The monoisotopic (exact) mass is 323 g/mol. The number of hydrogen-bond donors (Lipinski definition) is 2. The fourth-order valence-electron chi connectivity index (χ4n) is 1.49. The highest BCUT2D eigenvalue weighted by Gasteiger charge is 2.27. The molecule has 0 radical (unpaired) electrons. The molecule has 0 amide bonds. The first-order chi connectivity index (χ1) is 8.70. The van der Waals surface area contributed by atoms with Crippen LogP contribution in [0.5, 0.6) is 0 Å². The third-order valence-electron chi connectivity index (χ3n) is 2.33. The van der Waals surface area contributed by atoms with Gasteiger partial charge in [0.25, 0.3) is 0 Å². The predicted molar refractivity (Wildman–Crippen MR) is 68.3 cm³/mol. The van der Waals surface area contributed by atoms with E-state index in [0.29, 0.717) is 0 Å². The van der Waals surface area contributed by atoms with Gasteiger partial charge in [0.1, 0.15) is 4.88 Å². The molecule has 0 saturated heterocycles. The number of sulfone groups is 1. The molecule has 0 spiro atoms. The van der Waals surface area contributed by atoms with Gasteiger partial charge in [0.15, 0.2) is 9.84 Å². The van der Waals surface area contributed by atoms with Crippen molar-refractivity contribution in [3.63, 3.8) is 0 Å². The first-order valence-corrected chi connectivity index (χ1v) is 9.02. The highest BCUT2D eigenvalue weighted by Crippen LogP contribution is 2.20. The van der Waals surface area contributed by atoms with Gasteiger partial charge in [-0.05, 0) is 6.07 Å². The Labute approximate surface area is 113 Å². The van der Waals surface area contributed by atoms with Gasteiger partial charge < -0.3 is 5.11 Å². The Morgan fingerprint density at radius 2 is 2.16 bits per heavy atom. The molecule has 10 heteroatoms. The first-order valence-electron chi connectivity index (χ1n) is 4.95. The average molecular weight is 323 g/mol. The molecule has 7 nitrogen and oxygen atoms in total. The van der Waals surface area contributed by atoms with E-state index in [1.165, 1.54) is 11.5 Å². The SMILES string of the molecule is O=C(O)c1cc(S(=O)(=O)NC2C=CS(=O)(=O)C2)cs1. The molecule has 0 fully saturated rings. The lowest BCUT2D eigenvalue weighted by atomic mass is 10.4. The number of carboxylic acids is 1. The van der Waals surface area contributed by atoms with E-state index in [2.05, 4.69) is 4.72 Å². The van der Waals surface area contributed by atoms with Crippen molar-refractivity contribution in [1.82, 2.24) is 4.72 Å².